The molecule has 2 aromatic rings. The normalized spacial score (nSPS) is 10.1. The average molecular weight is 308 g/mol. The van der Waals surface area contributed by atoms with E-state index in [2.05, 4.69) is 26.2 Å². The molecule has 18 heavy (non-hydrogen) atoms. The van der Waals surface area contributed by atoms with E-state index in [1.165, 1.54) is 12.3 Å². The van der Waals surface area contributed by atoms with Crippen LogP contribution >= 0.6 is 15.9 Å². The van der Waals surface area contributed by atoms with Crippen LogP contribution in [0.1, 0.15) is 10.4 Å². The molecule has 0 bridgehead atoms. The van der Waals surface area contributed by atoms with E-state index in [4.69, 9.17) is 10.8 Å². The molecule has 92 valence electrons. The first-order chi connectivity index (χ1) is 8.58. The van der Waals surface area contributed by atoms with Crippen LogP contribution in [0.3, 0.4) is 0 Å². The molecule has 5 nitrogen and oxygen atoms in total. The fourth-order valence-corrected chi connectivity index (χ4v) is 1.80. The van der Waals surface area contributed by atoms with E-state index < -0.39 is 5.97 Å². The van der Waals surface area contributed by atoms with Crippen molar-refractivity contribution in [1.29, 1.82) is 0 Å². The van der Waals surface area contributed by atoms with Crippen LogP contribution in [0.25, 0.3) is 0 Å². The molecule has 6 heteroatoms. The molecular formula is C12H10BrN3O2. The number of aromatic carboxylic acids is 1. The molecule has 1 heterocycles. The fraction of sp³-hybridized carbons (Fsp3) is 0. The Balaban J connectivity index is 2.33. The van der Waals surface area contributed by atoms with E-state index in [1.807, 2.05) is 24.3 Å². The number of para-hydroxylation sites is 1. The number of carboxylic acids is 1. The number of benzene rings is 1. The van der Waals surface area contributed by atoms with Crippen LogP contribution < -0.4 is 11.1 Å². The number of halogens is 1. The minimum atomic E-state index is -1.08. The maximum Gasteiger partial charge on any atom is 0.337 e. The zero-order valence-corrected chi connectivity index (χ0v) is 10.8. The standard InChI is InChI=1S/C12H10BrN3O2/c13-8-3-1-2-4-10(8)16-11-5-7(12(17)18)9(14)6-15-11/h1-6H,14H2,(H,15,16)(H,17,18). The number of hydrogen-bond acceptors (Lipinski definition) is 4. The molecule has 0 fully saturated rings. The van der Waals surface area contributed by atoms with Crippen LogP contribution in [-0.2, 0) is 0 Å². The summed E-state index contributed by atoms with van der Waals surface area (Å²) in [6.07, 6.45) is 1.32. The van der Waals surface area contributed by atoms with Gasteiger partial charge in [-0.15, -0.1) is 0 Å². The van der Waals surface area contributed by atoms with E-state index in [0.717, 1.165) is 10.2 Å². The average Bonchev–Trinajstić information content (AvgIpc) is 2.34. The van der Waals surface area contributed by atoms with Gasteiger partial charge in [-0.25, -0.2) is 9.78 Å². The van der Waals surface area contributed by atoms with Gasteiger partial charge in [0, 0.05) is 4.47 Å². The topological polar surface area (TPSA) is 88.2 Å². The highest BCUT2D eigenvalue weighted by Gasteiger charge is 2.10. The summed E-state index contributed by atoms with van der Waals surface area (Å²) in [5.74, 6) is -0.654. The second kappa shape index (κ2) is 5.05. The number of nitrogens with two attached hydrogens (primary N) is 1. The highest BCUT2D eigenvalue weighted by Crippen LogP contribution is 2.25. The van der Waals surface area contributed by atoms with Crippen molar-refractivity contribution in [2.75, 3.05) is 11.1 Å². The van der Waals surface area contributed by atoms with Crippen molar-refractivity contribution < 1.29 is 9.90 Å². The zero-order chi connectivity index (χ0) is 13.1. The van der Waals surface area contributed by atoms with Gasteiger partial charge in [-0.2, -0.15) is 0 Å². The Morgan fingerprint density at radius 2 is 2.11 bits per heavy atom. The lowest BCUT2D eigenvalue weighted by molar-refractivity contribution is 0.0698. The van der Waals surface area contributed by atoms with Crippen LogP contribution in [0.2, 0.25) is 0 Å². The lowest BCUT2D eigenvalue weighted by Crippen LogP contribution is -2.05. The number of nitrogen functional groups attached to an aromatic ring is 1. The van der Waals surface area contributed by atoms with Gasteiger partial charge < -0.3 is 16.2 Å². The van der Waals surface area contributed by atoms with Gasteiger partial charge in [0.2, 0.25) is 0 Å². The van der Waals surface area contributed by atoms with Crippen molar-refractivity contribution >= 4 is 39.1 Å². The van der Waals surface area contributed by atoms with E-state index in [-0.39, 0.29) is 11.3 Å². The summed E-state index contributed by atoms with van der Waals surface area (Å²) in [4.78, 5) is 15.0. The molecule has 0 aliphatic rings. The van der Waals surface area contributed by atoms with Crippen molar-refractivity contribution in [2.45, 2.75) is 0 Å². The second-order valence-electron chi connectivity index (χ2n) is 3.57. The number of anilines is 3. The van der Waals surface area contributed by atoms with Crippen LogP contribution in [0.15, 0.2) is 41.0 Å². The lowest BCUT2D eigenvalue weighted by atomic mass is 10.2. The summed E-state index contributed by atoms with van der Waals surface area (Å²) in [6.45, 7) is 0. The number of aromatic nitrogens is 1. The second-order valence-corrected chi connectivity index (χ2v) is 4.42. The minimum absolute atomic E-state index is 0.0274. The van der Waals surface area contributed by atoms with Crippen LogP contribution in [-0.4, -0.2) is 16.1 Å². The maximum absolute atomic E-state index is 10.9. The first-order valence-electron chi connectivity index (χ1n) is 5.08. The summed E-state index contributed by atoms with van der Waals surface area (Å²) in [5, 5.41) is 12.0. The Morgan fingerprint density at radius 3 is 2.78 bits per heavy atom. The molecule has 0 saturated heterocycles. The van der Waals surface area contributed by atoms with E-state index in [0.29, 0.717) is 5.82 Å². The van der Waals surface area contributed by atoms with Crippen molar-refractivity contribution in [3.05, 3.63) is 46.6 Å². The number of carbonyl (C=O) groups is 1. The number of nitrogens with zero attached hydrogens (tertiary/aromatic N) is 1. The molecule has 4 N–H and O–H groups in total. The summed E-state index contributed by atoms with van der Waals surface area (Å²) < 4.78 is 0.862. The van der Waals surface area contributed by atoms with Crippen LogP contribution in [0.4, 0.5) is 17.2 Å². The predicted molar refractivity (Wildman–Crippen MR) is 73.0 cm³/mol. The highest BCUT2D eigenvalue weighted by molar-refractivity contribution is 9.10. The molecule has 0 atom stereocenters. The maximum atomic E-state index is 10.9. The smallest absolute Gasteiger partial charge is 0.337 e. The van der Waals surface area contributed by atoms with Gasteiger partial charge in [0.1, 0.15) is 5.82 Å². The number of rotatable bonds is 3. The molecule has 0 aliphatic carbocycles. The fourth-order valence-electron chi connectivity index (χ4n) is 1.42. The number of carboxylic acid groups (broad SMARTS) is 1. The third-order valence-corrected chi connectivity index (χ3v) is 2.99. The Morgan fingerprint density at radius 1 is 1.39 bits per heavy atom. The third-order valence-electron chi connectivity index (χ3n) is 2.30. The van der Waals surface area contributed by atoms with E-state index in [1.54, 1.807) is 0 Å². The Kier molecular flexibility index (Phi) is 3.47. The summed E-state index contributed by atoms with van der Waals surface area (Å²) in [7, 11) is 0. The van der Waals surface area contributed by atoms with Gasteiger partial charge in [-0.05, 0) is 34.1 Å². The quantitative estimate of drug-likeness (QED) is 0.811. The van der Waals surface area contributed by atoms with Crippen molar-refractivity contribution in [3.63, 3.8) is 0 Å². The van der Waals surface area contributed by atoms with Gasteiger partial charge in [-0.3, -0.25) is 0 Å². The van der Waals surface area contributed by atoms with E-state index in [9.17, 15) is 4.79 Å². The largest absolute Gasteiger partial charge is 0.478 e. The molecule has 0 unspecified atom stereocenters. The molecule has 1 aromatic carbocycles. The molecular weight excluding hydrogens is 298 g/mol. The third kappa shape index (κ3) is 2.60. The van der Waals surface area contributed by atoms with Crippen LogP contribution in [0.5, 0.6) is 0 Å². The number of nitrogens with one attached hydrogen (secondary N) is 1. The number of pyridine rings is 1. The Bertz CT molecular complexity index is 602. The minimum Gasteiger partial charge on any atom is -0.478 e. The van der Waals surface area contributed by atoms with Crippen molar-refractivity contribution in [2.24, 2.45) is 0 Å². The first kappa shape index (κ1) is 12.4. The molecule has 2 rings (SSSR count). The molecule has 0 spiro atoms. The lowest BCUT2D eigenvalue weighted by Gasteiger charge is -2.09. The first-order valence-corrected chi connectivity index (χ1v) is 5.87. The summed E-state index contributed by atoms with van der Waals surface area (Å²) >= 11 is 3.38. The molecule has 0 radical (unpaired) electrons. The molecule has 0 aliphatic heterocycles. The predicted octanol–water partition coefficient (Wildman–Crippen LogP) is 2.87. The Labute approximate surface area is 112 Å². The van der Waals surface area contributed by atoms with Gasteiger partial charge in [0.05, 0.1) is 23.1 Å². The van der Waals surface area contributed by atoms with Crippen molar-refractivity contribution in [3.8, 4) is 0 Å². The summed E-state index contributed by atoms with van der Waals surface area (Å²) in [6, 6.07) is 8.87. The van der Waals surface area contributed by atoms with Crippen molar-refractivity contribution in [1.82, 2.24) is 4.98 Å². The van der Waals surface area contributed by atoms with Gasteiger partial charge in [0.15, 0.2) is 0 Å². The van der Waals surface area contributed by atoms with E-state index >= 15 is 0 Å². The molecule has 0 amide bonds. The molecule has 1 aromatic heterocycles. The monoisotopic (exact) mass is 307 g/mol. The number of hydrogen-bond donors (Lipinski definition) is 3. The zero-order valence-electron chi connectivity index (χ0n) is 9.22. The highest BCUT2D eigenvalue weighted by atomic mass is 79.9. The van der Waals surface area contributed by atoms with Gasteiger partial charge in [-0.1, -0.05) is 12.1 Å². The van der Waals surface area contributed by atoms with Gasteiger partial charge >= 0.3 is 5.97 Å². The Hall–Kier alpha value is -2.08. The van der Waals surface area contributed by atoms with Crippen LogP contribution in [0, 0.1) is 0 Å². The SMILES string of the molecule is Nc1cnc(Nc2ccccc2Br)cc1C(=O)O. The molecule has 0 saturated carbocycles. The summed E-state index contributed by atoms with van der Waals surface area (Å²) in [5.41, 5.74) is 6.50. The van der Waals surface area contributed by atoms with Gasteiger partial charge in [0.25, 0.3) is 0 Å².